The molecule has 10 rings (SSSR count). The predicted octanol–water partition coefficient (Wildman–Crippen LogP) is 12.8. The van der Waals surface area contributed by atoms with Gasteiger partial charge in [-0.3, -0.25) is 0 Å². The fourth-order valence-corrected chi connectivity index (χ4v) is 7.40. The number of nitrogens with zero attached hydrogens (tertiary/aromatic N) is 3. The van der Waals surface area contributed by atoms with Gasteiger partial charge in [-0.15, -0.1) is 0 Å². The highest BCUT2D eigenvalue weighted by Crippen LogP contribution is 2.36. The monoisotopic (exact) mass is 661 g/mol. The van der Waals surface area contributed by atoms with E-state index in [1.807, 2.05) is 0 Å². The van der Waals surface area contributed by atoms with Crippen LogP contribution < -0.4 is 0 Å². The number of aromatic nitrogens is 3. The maximum absolute atomic E-state index is 5.22. The minimum atomic E-state index is 0.639. The van der Waals surface area contributed by atoms with Crippen LogP contribution in [0.2, 0.25) is 0 Å². The van der Waals surface area contributed by atoms with Crippen molar-refractivity contribution in [1.29, 1.82) is 0 Å². The average Bonchev–Trinajstić information content (AvgIpc) is 3.23. The van der Waals surface area contributed by atoms with E-state index in [1.54, 1.807) is 0 Å². The van der Waals surface area contributed by atoms with Crippen LogP contribution in [0.25, 0.3) is 99.5 Å². The summed E-state index contributed by atoms with van der Waals surface area (Å²) in [6, 6.07) is 66.5. The molecule has 0 aliphatic heterocycles. The van der Waals surface area contributed by atoms with Gasteiger partial charge in [0.1, 0.15) is 0 Å². The third-order valence-electron chi connectivity index (χ3n) is 10.1. The predicted molar refractivity (Wildman–Crippen MR) is 217 cm³/mol. The second-order valence-electron chi connectivity index (χ2n) is 13.3. The van der Waals surface area contributed by atoms with Gasteiger partial charge in [0.25, 0.3) is 0 Å². The molecule has 0 bridgehead atoms. The van der Waals surface area contributed by atoms with Gasteiger partial charge >= 0.3 is 0 Å². The lowest BCUT2D eigenvalue weighted by atomic mass is 9.96. The van der Waals surface area contributed by atoms with Gasteiger partial charge in [-0.1, -0.05) is 158 Å². The molecule has 3 heteroatoms. The van der Waals surface area contributed by atoms with Gasteiger partial charge in [-0.25, -0.2) is 15.0 Å². The largest absolute Gasteiger partial charge is 0.208 e. The van der Waals surface area contributed by atoms with E-state index in [4.69, 9.17) is 15.0 Å². The summed E-state index contributed by atoms with van der Waals surface area (Å²) in [7, 11) is 0. The van der Waals surface area contributed by atoms with Crippen molar-refractivity contribution in [3.8, 4) is 56.4 Å². The van der Waals surface area contributed by atoms with Gasteiger partial charge in [0, 0.05) is 16.7 Å². The first-order valence-electron chi connectivity index (χ1n) is 17.6. The molecule has 9 aromatic carbocycles. The Morgan fingerprint density at radius 1 is 0.231 bits per heavy atom. The molecule has 0 fully saturated rings. The van der Waals surface area contributed by atoms with Crippen molar-refractivity contribution in [2.75, 3.05) is 0 Å². The Kier molecular flexibility index (Phi) is 7.14. The molecular weight excluding hydrogens is 631 g/mol. The lowest BCUT2D eigenvalue weighted by Crippen LogP contribution is -2.01. The van der Waals surface area contributed by atoms with Crippen molar-refractivity contribution in [3.05, 3.63) is 188 Å². The zero-order valence-corrected chi connectivity index (χ0v) is 28.2. The molecule has 0 radical (unpaired) electrons. The SMILES string of the molecule is c1ccc(-c2ccc3cc(-c4cccc(-c5nc(-c6ccc7ccccc7c6)nc(-c6cc7ccccc7c7ccccc67)n5)c4)ccc3c2)cc1. The van der Waals surface area contributed by atoms with Crippen molar-refractivity contribution in [3.63, 3.8) is 0 Å². The van der Waals surface area contributed by atoms with E-state index in [-0.39, 0.29) is 0 Å². The maximum atomic E-state index is 5.22. The Labute approximate surface area is 301 Å². The lowest BCUT2D eigenvalue weighted by molar-refractivity contribution is 1.08. The summed E-state index contributed by atoms with van der Waals surface area (Å²) in [5.41, 5.74) is 7.57. The van der Waals surface area contributed by atoms with Crippen LogP contribution >= 0.6 is 0 Å². The molecule has 0 amide bonds. The van der Waals surface area contributed by atoms with E-state index in [2.05, 4.69) is 188 Å². The van der Waals surface area contributed by atoms with Crippen LogP contribution in [0, 0.1) is 0 Å². The third kappa shape index (κ3) is 5.37. The molecule has 3 nitrogen and oxygen atoms in total. The summed E-state index contributed by atoms with van der Waals surface area (Å²) < 4.78 is 0. The molecule has 1 heterocycles. The minimum absolute atomic E-state index is 0.639. The molecule has 0 saturated heterocycles. The van der Waals surface area contributed by atoms with Gasteiger partial charge in [0.2, 0.25) is 0 Å². The van der Waals surface area contributed by atoms with Crippen molar-refractivity contribution >= 4 is 43.1 Å². The highest BCUT2D eigenvalue weighted by atomic mass is 15.0. The van der Waals surface area contributed by atoms with Gasteiger partial charge in [-0.2, -0.15) is 0 Å². The van der Waals surface area contributed by atoms with Crippen LogP contribution in [0.5, 0.6) is 0 Å². The van der Waals surface area contributed by atoms with Gasteiger partial charge in [0.15, 0.2) is 17.5 Å². The van der Waals surface area contributed by atoms with Gasteiger partial charge in [-0.05, 0) is 95.7 Å². The average molecular weight is 662 g/mol. The molecule has 0 saturated carbocycles. The third-order valence-corrected chi connectivity index (χ3v) is 10.1. The second-order valence-corrected chi connectivity index (χ2v) is 13.3. The standard InChI is InChI=1S/C49H31N3/c1-2-11-32(12-3-1)36-22-23-39-28-37(24-25-38(39)27-36)35-16-10-17-41(30-35)47-50-48(42-26-21-33-13-4-5-14-34(33)29-42)52-49(51-47)46-31-40-15-6-7-18-43(40)44-19-8-9-20-45(44)46/h1-31H. The fraction of sp³-hybridized carbons (Fsp3) is 0. The molecule has 1 aromatic heterocycles. The summed E-state index contributed by atoms with van der Waals surface area (Å²) in [6.07, 6.45) is 0. The number of fused-ring (bicyclic) bond motifs is 5. The van der Waals surface area contributed by atoms with E-state index >= 15 is 0 Å². The normalized spacial score (nSPS) is 11.5. The maximum Gasteiger partial charge on any atom is 0.164 e. The fourth-order valence-electron chi connectivity index (χ4n) is 7.40. The zero-order chi connectivity index (χ0) is 34.4. The topological polar surface area (TPSA) is 38.7 Å². The number of benzene rings is 9. The molecule has 52 heavy (non-hydrogen) atoms. The Hall–Kier alpha value is -6.97. The van der Waals surface area contributed by atoms with Crippen molar-refractivity contribution in [2.24, 2.45) is 0 Å². The first-order chi connectivity index (χ1) is 25.7. The molecule has 0 N–H and O–H groups in total. The Morgan fingerprint density at radius 3 is 1.46 bits per heavy atom. The van der Waals surface area contributed by atoms with Gasteiger partial charge < -0.3 is 0 Å². The Bertz CT molecular complexity index is 2970. The minimum Gasteiger partial charge on any atom is -0.208 e. The highest BCUT2D eigenvalue weighted by Gasteiger charge is 2.17. The molecule has 0 aliphatic rings. The Morgan fingerprint density at radius 2 is 0.692 bits per heavy atom. The number of rotatable bonds is 5. The van der Waals surface area contributed by atoms with Crippen LogP contribution in [0.3, 0.4) is 0 Å². The summed E-state index contributed by atoms with van der Waals surface area (Å²) in [6.45, 7) is 0. The van der Waals surface area contributed by atoms with Crippen LogP contribution in [-0.4, -0.2) is 15.0 Å². The van der Waals surface area contributed by atoms with Crippen LogP contribution in [0.4, 0.5) is 0 Å². The van der Waals surface area contributed by atoms with E-state index in [9.17, 15) is 0 Å². The summed E-state index contributed by atoms with van der Waals surface area (Å²) >= 11 is 0. The van der Waals surface area contributed by atoms with Crippen molar-refractivity contribution < 1.29 is 0 Å². The summed E-state index contributed by atoms with van der Waals surface area (Å²) in [5, 5.41) is 9.40. The van der Waals surface area contributed by atoms with E-state index < -0.39 is 0 Å². The van der Waals surface area contributed by atoms with Crippen LogP contribution in [-0.2, 0) is 0 Å². The molecule has 10 aromatic rings. The highest BCUT2D eigenvalue weighted by molar-refractivity contribution is 6.13. The molecule has 0 unspecified atom stereocenters. The quantitative estimate of drug-likeness (QED) is 0.172. The van der Waals surface area contributed by atoms with Crippen molar-refractivity contribution in [2.45, 2.75) is 0 Å². The summed E-state index contributed by atoms with van der Waals surface area (Å²) in [4.78, 5) is 15.6. The second kappa shape index (κ2) is 12.4. The lowest BCUT2D eigenvalue weighted by Gasteiger charge is -2.13. The number of hydrogen-bond donors (Lipinski definition) is 0. The van der Waals surface area contributed by atoms with Crippen molar-refractivity contribution in [1.82, 2.24) is 15.0 Å². The molecular formula is C49H31N3. The van der Waals surface area contributed by atoms with E-state index in [0.29, 0.717) is 17.5 Å². The first kappa shape index (κ1) is 29.9. The zero-order valence-electron chi connectivity index (χ0n) is 28.2. The van der Waals surface area contributed by atoms with E-state index in [0.717, 1.165) is 44.0 Å². The smallest absolute Gasteiger partial charge is 0.164 e. The molecule has 0 spiro atoms. The van der Waals surface area contributed by atoms with Crippen LogP contribution in [0.1, 0.15) is 0 Å². The first-order valence-corrected chi connectivity index (χ1v) is 17.6. The molecule has 0 atom stereocenters. The van der Waals surface area contributed by atoms with E-state index in [1.165, 1.54) is 38.1 Å². The van der Waals surface area contributed by atoms with Gasteiger partial charge in [0.05, 0.1) is 0 Å². The molecule has 0 aliphatic carbocycles. The Balaban J connectivity index is 1.12. The van der Waals surface area contributed by atoms with Crippen LogP contribution in [0.15, 0.2) is 188 Å². The molecule has 242 valence electrons. The number of hydrogen-bond acceptors (Lipinski definition) is 3. The summed E-state index contributed by atoms with van der Waals surface area (Å²) in [5.74, 6) is 1.94.